The number of aromatic nitrogens is 2. The van der Waals surface area contributed by atoms with Crippen LogP contribution in [0.3, 0.4) is 0 Å². The largest absolute Gasteiger partial charge is 0.397 e. The van der Waals surface area contributed by atoms with Crippen LogP contribution in [0.25, 0.3) is 0 Å². The third-order valence-electron chi connectivity index (χ3n) is 6.66. The number of benzene rings is 2. The second kappa shape index (κ2) is 12.4. The Bertz CT molecular complexity index is 1430. The Kier molecular flexibility index (Phi) is 9.27. The maximum atomic E-state index is 9.81. The minimum absolute atomic E-state index is 0.0179. The van der Waals surface area contributed by atoms with Gasteiger partial charge in [0.25, 0.3) is 5.95 Å². The van der Waals surface area contributed by atoms with Crippen molar-refractivity contribution in [3.05, 3.63) is 76.6 Å². The lowest BCUT2D eigenvalue weighted by Gasteiger charge is -2.29. The molecule has 202 valence electrons. The lowest BCUT2D eigenvalue weighted by Crippen LogP contribution is -2.21. The average Bonchev–Trinajstić information content (AvgIpc) is 3.23. The fourth-order valence-electron chi connectivity index (χ4n) is 4.57. The van der Waals surface area contributed by atoms with Crippen molar-refractivity contribution in [2.24, 2.45) is 15.6 Å². The predicted molar refractivity (Wildman–Crippen MR) is 157 cm³/mol. The Morgan fingerprint density at radius 1 is 1.05 bits per heavy atom. The van der Waals surface area contributed by atoms with E-state index in [4.69, 9.17) is 5.73 Å². The van der Waals surface area contributed by atoms with E-state index < -0.39 is 0 Å². The highest BCUT2D eigenvalue weighted by molar-refractivity contribution is 5.69. The molecule has 2 N–H and O–H groups in total. The van der Waals surface area contributed by atoms with Crippen molar-refractivity contribution < 1.29 is 0 Å². The zero-order valence-corrected chi connectivity index (χ0v) is 24.0. The predicted octanol–water partition coefficient (Wildman–Crippen LogP) is 7.61. The molecule has 0 aliphatic carbocycles. The summed E-state index contributed by atoms with van der Waals surface area (Å²) in [5.41, 5.74) is 12.0. The van der Waals surface area contributed by atoms with Crippen LogP contribution in [0, 0.1) is 28.1 Å². The van der Waals surface area contributed by atoms with Gasteiger partial charge in [0.2, 0.25) is 0 Å². The Morgan fingerprint density at radius 2 is 1.72 bits per heavy atom. The number of imidazole rings is 1. The van der Waals surface area contributed by atoms with Gasteiger partial charge >= 0.3 is 0 Å². The molecule has 0 saturated carbocycles. The summed E-state index contributed by atoms with van der Waals surface area (Å²) in [5.74, 6) is 0.448. The number of hydrogen-bond donors (Lipinski definition) is 1. The Morgan fingerprint density at radius 3 is 2.23 bits per heavy atom. The number of hydrogen-bond acceptors (Lipinski definition) is 7. The number of nitriles is 2. The van der Waals surface area contributed by atoms with Gasteiger partial charge in [0.15, 0.2) is 11.4 Å². The van der Waals surface area contributed by atoms with Crippen LogP contribution in [-0.4, -0.2) is 22.6 Å². The van der Waals surface area contributed by atoms with Crippen LogP contribution in [0.15, 0.2) is 64.3 Å². The molecule has 8 nitrogen and oxygen atoms in total. The van der Waals surface area contributed by atoms with Crippen molar-refractivity contribution in [2.45, 2.75) is 60.9 Å². The molecule has 8 heteroatoms. The summed E-state index contributed by atoms with van der Waals surface area (Å²) in [5, 5.41) is 28.0. The van der Waals surface area contributed by atoms with Gasteiger partial charge in [-0.2, -0.15) is 15.5 Å². The highest BCUT2D eigenvalue weighted by Gasteiger charge is 2.24. The maximum Gasteiger partial charge on any atom is 0.252 e. The molecule has 1 aromatic heterocycles. The number of anilines is 2. The molecular weight excluding hydrogens is 484 g/mol. The van der Waals surface area contributed by atoms with Gasteiger partial charge in [0.1, 0.15) is 17.8 Å². The topological polar surface area (TPSA) is 119 Å². The number of nitrogens with zero attached hydrogens (tertiary/aromatic N) is 7. The number of rotatable bonds is 9. The monoisotopic (exact) mass is 522 g/mol. The molecule has 0 bridgehead atoms. The zero-order chi connectivity index (χ0) is 28.7. The maximum absolute atomic E-state index is 9.81. The van der Waals surface area contributed by atoms with Crippen LogP contribution in [0.2, 0.25) is 0 Å². The van der Waals surface area contributed by atoms with Gasteiger partial charge in [0.05, 0.1) is 12.2 Å². The number of azo groups is 1. The lowest BCUT2D eigenvalue weighted by molar-refractivity contribution is 0.365. The summed E-state index contributed by atoms with van der Waals surface area (Å²) in [7, 11) is 0. The van der Waals surface area contributed by atoms with E-state index in [1.54, 1.807) is 4.57 Å². The molecule has 3 rings (SSSR count). The van der Waals surface area contributed by atoms with E-state index >= 15 is 0 Å². The molecule has 1 atom stereocenters. The molecule has 0 spiro atoms. The van der Waals surface area contributed by atoms with E-state index in [0.717, 1.165) is 24.3 Å². The second-order valence-corrected chi connectivity index (χ2v) is 10.9. The molecule has 0 fully saturated rings. The van der Waals surface area contributed by atoms with E-state index in [2.05, 4.69) is 92.9 Å². The summed E-state index contributed by atoms with van der Waals surface area (Å²) < 4.78 is 1.62. The first-order valence-electron chi connectivity index (χ1n) is 13.2. The molecule has 39 heavy (non-hydrogen) atoms. The van der Waals surface area contributed by atoms with E-state index in [1.165, 1.54) is 11.1 Å². The standard InChI is InChI=1S/C31H38N8/c1-8-38(9-2)24-14-15-27(26(34)17-24)36-37-30-35-28(18-32)29(19-33)39(30)20-22-10-12-23(13-11-22)25(16-21(3)4)31(5,6)7/h10-17,25H,8-9,20,34H2,1-7H3. The minimum Gasteiger partial charge on any atom is -0.397 e. The SMILES string of the molecule is CCN(CC)c1ccc(N=Nc2nc(C#N)c(C#N)n2Cc2ccc(C(C=C(C)C)C(C)(C)C)cc2)c(N)c1. The summed E-state index contributed by atoms with van der Waals surface area (Å²) in [6, 6.07) is 18.1. The minimum atomic E-state index is 0.0179. The molecule has 0 aliphatic heterocycles. The van der Waals surface area contributed by atoms with E-state index in [9.17, 15) is 10.5 Å². The van der Waals surface area contributed by atoms with Crippen LogP contribution in [0.4, 0.5) is 23.0 Å². The Labute approximate surface area is 232 Å². The zero-order valence-electron chi connectivity index (χ0n) is 24.0. The smallest absolute Gasteiger partial charge is 0.252 e. The van der Waals surface area contributed by atoms with Gasteiger partial charge in [-0.15, -0.1) is 10.2 Å². The fourth-order valence-corrected chi connectivity index (χ4v) is 4.57. The fraction of sp³-hybridized carbons (Fsp3) is 0.387. The van der Waals surface area contributed by atoms with Gasteiger partial charge in [-0.3, -0.25) is 4.57 Å². The molecule has 0 radical (unpaired) electrons. The Hall–Kier alpha value is -4.43. The van der Waals surface area contributed by atoms with Crippen LogP contribution < -0.4 is 10.6 Å². The quantitative estimate of drug-likeness (QED) is 0.176. The van der Waals surface area contributed by atoms with Crippen LogP contribution in [0.5, 0.6) is 0 Å². The third kappa shape index (κ3) is 6.91. The highest BCUT2D eigenvalue weighted by Crippen LogP contribution is 2.37. The van der Waals surface area contributed by atoms with Gasteiger partial charge in [-0.05, 0) is 62.4 Å². The highest BCUT2D eigenvalue weighted by atomic mass is 15.3. The Balaban J connectivity index is 1.95. The molecule has 0 aliphatic rings. The van der Waals surface area contributed by atoms with Crippen molar-refractivity contribution in [1.29, 1.82) is 10.5 Å². The van der Waals surface area contributed by atoms with Crippen molar-refractivity contribution in [1.82, 2.24) is 9.55 Å². The van der Waals surface area contributed by atoms with Crippen molar-refractivity contribution in [3.63, 3.8) is 0 Å². The number of nitrogens with two attached hydrogens (primary N) is 1. The average molecular weight is 523 g/mol. The van der Waals surface area contributed by atoms with Gasteiger partial charge in [-0.25, -0.2) is 0 Å². The van der Waals surface area contributed by atoms with E-state index in [0.29, 0.717) is 17.9 Å². The number of nitrogen functional groups attached to an aromatic ring is 1. The molecule has 0 amide bonds. The van der Waals surface area contributed by atoms with Crippen LogP contribution in [-0.2, 0) is 6.54 Å². The first kappa shape index (κ1) is 29.1. The summed E-state index contributed by atoms with van der Waals surface area (Å²) in [6.07, 6.45) is 2.30. The first-order valence-corrected chi connectivity index (χ1v) is 13.2. The second-order valence-electron chi connectivity index (χ2n) is 10.9. The lowest BCUT2D eigenvalue weighted by atomic mass is 9.75. The van der Waals surface area contributed by atoms with Crippen molar-refractivity contribution in [3.8, 4) is 12.1 Å². The molecule has 2 aromatic carbocycles. The van der Waals surface area contributed by atoms with Crippen molar-refractivity contribution >= 4 is 23.0 Å². The van der Waals surface area contributed by atoms with Crippen LogP contribution >= 0.6 is 0 Å². The summed E-state index contributed by atoms with van der Waals surface area (Å²) in [4.78, 5) is 6.48. The molecular formula is C31H38N8. The number of allylic oxidation sites excluding steroid dienone is 2. The third-order valence-corrected chi connectivity index (χ3v) is 6.66. The first-order chi connectivity index (χ1) is 18.5. The summed E-state index contributed by atoms with van der Waals surface area (Å²) in [6.45, 7) is 17.2. The van der Waals surface area contributed by atoms with Gasteiger partial charge in [0, 0.05) is 24.7 Å². The normalized spacial score (nSPS) is 12.1. The van der Waals surface area contributed by atoms with Gasteiger partial charge in [-0.1, -0.05) is 56.7 Å². The van der Waals surface area contributed by atoms with Crippen molar-refractivity contribution in [2.75, 3.05) is 23.7 Å². The summed E-state index contributed by atoms with van der Waals surface area (Å²) >= 11 is 0. The van der Waals surface area contributed by atoms with Crippen LogP contribution in [0.1, 0.15) is 76.9 Å². The molecule has 1 heterocycles. The van der Waals surface area contributed by atoms with E-state index in [-0.39, 0.29) is 28.7 Å². The molecule has 0 saturated heterocycles. The molecule has 3 aromatic rings. The molecule has 1 unspecified atom stereocenters. The van der Waals surface area contributed by atoms with E-state index in [1.807, 2.05) is 36.4 Å². The van der Waals surface area contributed by atoms with Gasteiger partial charge < -0.3 is 10.6 Å².